The first-order valence-corrected chi connectivity index (χ1v) is 12.0. The minimum Gasteiger partial charge on any atom is -0.507 e. The highest BCUT2D eigenvalue weighted by Crippen LogP contribution is 2.48. The molecule has 0 fully saturated rings. The Balaban J connectivity index is 1.83. The molecule has 1 N–H and O–H groups in total. The molecular formula is C28H30O7. The van der Waals surface area contributed by atoms with Gasteiger partial charge in [0, 0.05) is 29.9 Å². The Hall–Kier alpha value is -3.61. The first-order chi connectivity index (χ1) is 16.9. The van der Waals surface area contributed by atoms with Crippen LogP contribution in [0.3, 0.4) is 0 Å². The number of rotatable bonds is 2. The van der Waals surface area contributed by atoms with Crippen LogP contribution in [0.25, 0.3) is 6.08 Å². The number of carbonyl (C=O) groups is 3. The van der Waals surface area contributed by atoms with Gasteiger partial charge in [0.1, 0.15) is 28.6 Å². The Bertz CT molecular complexity index is 1160. The summed E-state index contributed by atoms with van der Waals surface area (Å²) in [6.07, 6.45) is 6.62. The number of allylic oxidation sites excluding steroid dienone is 1. The predicted octanol–water partition coefficient (Wildman–Crippen LogP) is 5.32. The van der Waals surface area contributed by atoms with Crippen LogP contribution in [0.15, 0.2) is 36.4 Å². The summed E-state index contributed by atoms with van der Waals surface area (Å²) < 4.78 is 16.7. The summed E-state index contributed by atoms with van der Waals surface area (Å²) in [4.78, 5) is 37.8. The zero-order valence-corrected chi connectivity index (χ0v) is 20.0. The quantitative estimate of drug-likeness (QED) is 0.460. The largest absolute Gasteiger partial charge is 0.507 e. The second-order valence-electron chi connectivity index (χ2n) is 9.02. The highest BCUT2D eigenvalue weighted by molar-refractivity contribution is 5.98. The predicted molar refractivity (Wildman–Crippen MR) is 130 cm³/mol. The van der Waals surface area contributed by atoms with Gasteiger partial charge in [-0.1, -0.05) is 30.4 Å². The third kappa shape index (κ3) is 5.39. The SMILES string of the molecule is COc1ccccc1[C@@H]1CC(=O)Oc2cc3c(c(O)c21)C(=O)O[C@H](C)CCCC(=O)CCCC=C3. The van der Waals surface area contributed by atoms with Crippen LogP contribution in [0.4, 0.5) is 0 Å². The standard InChI is InChI=1S/C28H30O7/c1-17-9-8-12-19(29)11-5-3-4-10-18-15-23-26(27(31)25(18)28(32)34-17)21(16-24(30)35-23)20-13-6-7-14-22(20)33-2/h4,6-7,10,13-15,17,21,31H,3,5,8-9,11-12,16H2,1-2H3/t17-,21+/m1/s1. The van der Waals surface area contributed by atoms with Crippen LogP contribution in [0, 0.1) is 0 Å². The van der Waals surface area contributed by atoms with Gasteiger partial charge in [-0.15, -0.1) is 0 Å². The number of aromatic hydroxyl groups is 1. The molecule has 0 aliphatic carbocycles. The second kappa shape index (κ2) is 10.8. The Kier molecular flexibility index (Phi) is 7.54. The van der Waals surface area contributed by atoms with Crippen LogP contribution in [0.2, 0.25) is 0 Å². The molecule has 0 saturated heterocycles. The van der Waals surface area contributed by atoms with E-state index in [1.165, 1.54) is 0 Å². The van der Waals surface area contributed by atoms with Crippen LogP contribution in [0.5, 0.6) is 17.2 Å². The molecule has 0 amide bonds. The minimum absolute atomic E-state index is 0.00492. The fraction of sp³-hybridized carbons (Fsp3) is 0.393. The maximum Gasteiger partial charge on any atom is 0.342 e. The number of esters is 2. The zero-order chi connectivity index (χ0) is 24.9. The lowest BCUT2D eigenvalue weighted by molar-refractivity contribution is -0.135. The van der Waals surface area contributed by atoms with Crippen LogP contribution in [-0.2, 0) is 14.3 Å². The number of hydrogen-bond acceptors (Lipinski definition) is 7. The molecule has 2 atom stereocenters. The van der Waals surface area contributed by atoms with Gasteiger partial charge in [-0.05, 0) is 50.3 Å². The summed E-state index contributed by atoms with van der Waals surface area (Å²) in [6.45, 7) is 1.78. The molecular weight excluding hydrogens is 448 g/mol. The molecule has 0 radical (unpaired) electrons. The highest BCUT2D eigenvalue weighted by Gasteiger charge is 2.36. The van der Waals surface area contributed by atoms with Crippen molar-refractivity contribution in [3.8, 4) is 17.2 Å². The summed E-state index contributed by atoms with van der Waals surface area (Å²) in [5, 5.41) is 11.4. The summed E-state index contributed by atoms with van der Waals surface area (Å²) in [6, 6.07) is 8.87. The number of hydrogen-bond donors (Lipinski definition) is 1. The lowest BCUT2D eigenvalue weighted by Gasteiger charge is -2.28. The number of cyclic esters (lactones) is 1. The maximum absolute atomic E-state index is 13.3. The lowest BCUT2D eigenvalue weighted by atomic mass is 9.83. The van der Waals surface area contributed by atoms with Crippen molar-refractivity contribution in [2.45, 2.75) is 63.9 Å². The molecule has 0 bridgehead atoms. The van der Waals surface area contributed by atoms with Gasteiger partial charge in [0.25, 0.3) is 0 Å². The topological polar surface area (TPSA) is 99.1 Å². The van der Waals surface area contributed by atoms with Crippen LogP contribution in [0.1, 0.15) is 84.8 Å². The van der Waals surface area contributed by atoms with Gasteiger partial charge in [-0.3, -0.25) is 9.59 Å². The molecule has 35 heavy (non-hydrogen) atoms. The molecule has 7 nitrogen and oxygen atoms in total. The summed E-state index contributed by atoms with van der Waals surface area (Å²) >= 11 is 0. The Morgan fingerprint density at radius 3 is 2.66 bits per heavy atom. The van der Waals surface area contributed by atoms with E-state index in [2.05, 4.69) is 0 Å². The maximum atomic E-state index is 13.3. The summed E-state index contributed by atoms with van der Waals surface area (Å²) in [5.74, 6) is -0.927. The van der Waals surface area contributed by atoms with E-state index in [1.807, 2.05) is 24.3 Å². The van der Waals surface area contributed by atoms with Crippen LogP contribution in [-0.4, -0.2) is 36.0 Å². The second-order valence-corrected chi connectivity index (χ2v) is 9.02. The third-order valence-corrected chi connectivity index (χ3v) is 6.49. The van der Waals surface area contributed by atoms with E-state index in [4.69, 9.17) is 14.2 Å². The number of fused-ring (bicyclic) bond motifs is 2. The van der Waals surface area contributed by atoms with E-state index >= 15 is 0 Å². The zero-order valence-electron chi connectivity index (χ0n) is 20.0. The summed E-state index contributed by atoms with van der Waals surface area (Å²) in [7, 11) is 1.54. The number of ether oxygens (including phenoxy) is 3. The number of carbonyl (C=O) groups excluding carboxylic acids is 3. The van der Waals surface area contributed by atoms with Gasteiger partial charge in [-0.25, -0.2) is 4.79 Å². The first-order valence-electron chi connectivity index (χ1n) is 12.0. The number of para-hydroxylation sites is 1. The molecule has 2 aromatic rings. The smallest absolute Gasteiger partial charge is 0.342 e. The third-order valence-electron chi connectivity index (χ3n) is 6.49. The average molecular weight is 479 g/mol. The normalized spacial score (nSPS) is 21.3. The number of methoxy groups -OCH3 is 1. The van der Waals surface area contributed by atoms with Crippen molar-refractivity contribution in [2.75, 3.05) is 7.11 Å². The van der Waals surface area contributed by atoms with E-state index in [-0.39, 0.29) is 29.3 Å². The average Bonchev–Trinajstić information content (AvgIpc) is 2.82. The molecule has 0 aromatic heterocycles. The van der Waals surface area contributed by atoms with Gasteiger partial charge in [0.2, 0.25) is 0 Å². The Labute approximate surface area is 204 Å². The highest BCUT2D eigenvalue weighted by atomic mass is 16.5. The molecule has 0 spiro atoms. The van der Waals surface area contributed by atoms with Gasteiger partial charge in [0.05, 0.1) is 19.6 Å². The van der Waals surface area contributed by atoms with Crippen molar-refractivity contribution >= 4 is 23.8 Å². The number of phenolic OH excluding ortho intramolecular Hbond substituents is 1. The van der Waals surface area contributed by atoms with Crippen LogP contribution >= 0.6 is 0 Å². The monoisotopic (exact) mass is 478 g/mol. The van der Waals surface area contributed by atoms with Crippen molar-refractivity contribution in [1.82, 2.24) is 0 Å². The van der Waals surface area contributed by atoms with E-state index in [1.54, 1.807) is 32.2 Å². The fourth-order valence-electron chi connectivity index (χ4n) is 4.74. The Morgan fingerprint density at radius 2 is 1.86 bits per heavy atom. The van der Waals surface area contributed by atoms with Gasteiger partial charge in [0.15, 0.2) is 0 Å². The summed E-state index contributed by atoms with van der Waals surface area (Å²) in [5.41, 5.74) is 1.51. The molecule has 2 aliphatic heterocycles. The van der Waals surface area contributed by atoms with E-state index in [9.17, 15) is 19.5 Å². The molecule has 0 unspecified atom stereocenters. The molecule has 2 aromatic carbocycles. The number of phenols is 1. The van der Waals surface area contributed by atoms with Crippen LogP contribution < -0.4 is 9.47 Å². The lowest BCUT2D eigenvalue weighted by Crippen LogP contribution is -2.23. The molecule has 2 aliphatic rings. The number of benzene rings is 2. The van der Waals surface area contributed by atoms with Gasteiger partial charge < -0.3 is 19.3 Å². The van der Waals surface area contributed by atoms with Gasteiger partial charge in [-0.2, -0.15) is 0 Å². The molecule has 7 heteroatoms. The Morgan fingerprint density at radius 1 is 1.09 bits per heavy atom. The molecule has 4 rings (SSSR count). The van der Waals surface area contributed by atoms with E-state index in [0.29, 0.717) is 61.0 Å². The molecule has 184 valence electrons. The molecule has 0 saturated carbocycles. The van der Waals surface area contributed by atoms with Crippen molar-refractivity contribution < 1.29 is 33.7 Å². The number of ketones is 1. The van der Waals surface area contributed by atoms with Gasteiger partial charge >= 0.3 is 11.9 Å². The van der Waals surface area contributed by atoms with Crippen molar-refractivity contribution in [3.05, 3.63) is 58.7 Å². The fourth-order valence-corrected chi connectivity index (χ4v) is 4.74. The van der Waals surface area contributed by atoms with E-state index in [0.717, 1.165) is 0 Å². The van der Waals surface area contributed by atoms with Crippen molar-refractivity contribution in [1.29, 1.82) is 0 Å². The molecule has 2 heterocycles. The number of Topliss-reactive ketones (excluding diaryl/α,β-unsaturated/α-hetero) is 1. The van der Waals surface area contributed by atoms with Crippen molar-refractivity contribution in [3.63, 3.8) is 0 Å². The van der Waals surface area contributed by atoms with Crippen molar-refractivity contribution in [2.24, 2.45) is 0 Å². The minimum atomic E-state index is -0.656. The first kappa shape index (κ1) is 24.5. The van der Waals surface area contributed by atoms with E-state index < -0.39 is 24.0 Å².